The molecule has 0 aliphatic rings. The summed E-state index contributed by atoms with van der Waals surface area (Å²) >= 11 is 3.74. The number of ketones is 1. The van der Waals surface area contributed by atoms with Crippen LogP contribution in [0, 0.1) is 0 Å². The molecule has 31 heavy (non-hydrogen) atoms. The molecular formula is C25H34O4S2. The van der Waals surface area contributed by atoms with Gasteiger partial charge in [0, 0.05) is 6.42 Å². The molecule has 0 heterocycles. The van der Waals surface area contributed by atoms with E-state index >= 15 is 0 Å². The summed E-state index contributed by atoms with van der Waals surface area (Å²) in [6.07, 6.45) is -0.732. The van der Waals surface area contributed by atoms with Crippen LogP contribution in [0.2, 0.25) is 0 Å². The fourth-order valence-corrected chi connectivity index (χ4v) is 5.64. The standard InChI is InChI=1S/C25H34O4S2/c1-3-30-24(31-4-2)16-15-22(26)25(29-18-21-13-9-6-10-14-21)23(27)19-28-17-20-11-7-5-8-12-20/h5-14,23-25,27H,3-4,15-19H2,1-2H3/t23-,25+/m1/s1. The molecule has 2 aromatic carbocycles. The zero-order valence-corrected chi connectivity index (χ0v) is 20.1. The van der Waals surface area contributed by atoms with E-state index in [9.17, 15) is 9.90 Å². The predicted molar refractivity (Wildman–Crippen MR) is 131 cm³/mol. The van der Waals surface area contributed by atoms with Gasteiger partial charge in [-0.1, -0.05) is 74.5 Å². The van der Waals surface area contributed by atoms with E-state index in [1.165, 1.54) is 0 Å². The maximum absolute atomic E-state index is 13.0. The third kappa shape index (κ3) is 10.2. The van der Waals surface area contributed by atoms with Gasteiger partial charge in [-0.25, -0.2) is 0 Å². The summed E-state index contributed by atoms with van der Waals surface area (Å²) in [5, 5.41) is 10.7. The second-order valence-electron chi connectivity index (χ2n) is 7.13. The van der Waals surface area contributed by atoms with Gasteiger partial charge in [0.15, 0.2) is 5.78 Å². The molecule has 2 aromatic rings. The van der Waals surface area contributed by atoms with E-state index in [1.54, 1.807) is 0 Å². The monoisotopic (exact) mass is 462 g/mol. The molecule has 0 radical (unpaired) electrons. The van der Waals surface area contributed by atoms with E-state index in [0.717, 1.165) is 29.1 Å². The molecule has 0 bridgehead atoms. The van der Waals surface area contributed by atoms with Crippen molar-refractivity contribution in [1.82, 2.24) is 0 Å². The molecule has 0 amide bonds. The number of aliphatic hydroxyl groups is 1. The largest absolute Gasteiger partial charge is 0.388 e. The van der Waals surface area contributed by atoms with Crippen molar-refractivity contribution in [2.75, 3.05) is 18.1 Å². The third-order valence-electron chi connectivity index (χ3n) is 4.67. The summed E-state index contributed by atoms with van der Waals surface area (Å²) in [5.41, 5.74) is 2.00. The van der Waals surface area contributed by atoms with Crippen LogP contribution >= 0.6 is 23.5 Å². The molecule has 6 heteroatoms. The number of thioether (sulfide) groups is 2. The lowest BCUT2D eigenvalue weighted by Gasteiger charge is -2.23. The van der Waals surface area contributed by atoms with Crippen LogP contribution in [0.25, 0.3) is 0 Å². The SMILES string of the molecule is CCSC(CCC(=O)[C@H](OCc1ccccc1)[C@H](O)COCc1ccccc1)SCC. The lowest BCUT2D eigenvalue weighted by Crippen LogP contribution is -2.39. The van der Waals surface area contributed by atoms with Crippen LogP contribution in [0.5, 0.6) is 0 Å². The number of hydrogen-bond donors (Lipinski definition) is 1. The molecule has 2 rings (SSSR count). The lowest BCUT2D eigenvalue weighted by atomic mass is 10.1. The van der Waals surface area contributed by atoms with Crippen molar-refractivity contribution >= 4 is 29.3 Å². The van der Waals surface area contributed by atoms with Gasteiger partial charge in [0.25, 0.3) is 0 Å². The highest BCUT2D eigenvalue weighted by Gasteiger charge is 2.28. The van der Waals surface area contributed by atoms with E-state index in [-0.39, 0.29) is 19.0 Å². The first-order chi connectivity index (χ1) is 15.1. The van der Waals surface area contributed by atoms with E-state index < -0.39 is 12.2 Å². The van der Waals surface area contributed by atoms with Gasteiger partial charge in [-0.3, -0.25) is 4.79 Å². The highest BCUT2D eigenvalue weighted by Crippen LogP contribution is 2.28. The first-order valence-electron chi connectivity index (χ1n) is 10.8. The van der Waals surface area contributed by atoms with Gasteiger partial charge in [0.2, 0.25) is 0 Å². The van der Waals surface area contributed by atoms with Crippen molar-refractivity contribution in [3.8, 4) is 0 Å². The van der Waals surface area contributed by atoms with Gasteiger partial charge >= 0.3 is 0 Å². The molecule has 1 N–H and O–H groups in total. The van der Waals surface area contributed by atoms with Crippen LogP contribution < -0.4 is 0 Å². The Morgan fingerprint density at radius 1 is 0.903 bits per heavy atom. The summed E-state index contributed by atoms with van der Waals surface area (Å²) in [5.74, 6) is 1.98. The highest BCUT2D eigenvalue weighted by molar-refractivity contribution is 8.16. The van der Waals surface area contributed by atoms with Crippen molar-refractivity contribution < 1.29 is 19.4 Å². The smallest absolute Gasteiger partial charge is 0.164 e. The number of aliphatic hydroxyl groups excluding tert-OH is 1. The average molecular weight is 463 g/mol. The molecule has 170 valence electrons. The molecule has 0 aliphatic heterocycles. The Morgan fingerprint density at radius 3 is 2.00 bits per heavy atom. The molecular weight excluding hydrogens is 428 g/mol. The fourth-order valence-electron chi connectivity index (χ4n) is 3.13. The molecule has 0 saturated heterocycles. The van der Waals surface area contributed by atoms with Crippen LogP contribution in [-0.2, 0) is 27.5 Å². The second kappa shape index (κ2) is 15.5. The summed E-state index contributed by atoms with van der Waals surface area (Å²) in [7, 11) is 0. The van der Waals surface area contributed by atoms with Gasteiger partial charge in [-0.2, -0.15) is 0 Å². The highest BCUT2D eigenvalue weighted by atomic mass is 32.2. The number of hydrogen-bond acceptors (Lipinski definition) is 6. The van der Waals surface area contributed by atoms with Crippen molar-refractivity contribution in [2.24, 2.45) is 0 Å². The van der Waals surface area contributed by atoms with Crippen LogP contribution in [0.1, 0.15) is 37.8 Å². The van der Waals surface area contributed by atoms with Crippen LogP contribution in [0.3, 0.4) is 0 Å². The normalized spacial score (nSPS) is 13.3. The van der Waals surface area contributed by atoms with Crippen molar-refractivity contribution in [2.45, 2.75) is 56.7 Å². The average Bonchev–Trinajstić information content (AvgIpc) is 2.79. The first-order valence-corrected chi connectivity index (χ1v) is 12.9. The number of rotatable bonds is 16. The quantitative estimate of drug-likeness (QED) is 0.340. The van der Waals surface area contributed by atoms with Crippen LogP contribution in [0.4, 0.5) is 0 Å². The number of Topliss-reactive ketones (excluding diaryl/α,β-unsaturated/α-hetero) is 1. The minimum absolute atomic E-state index is 0.0525. The Morgan fingerprint density at radius 2 is 1.45 bits per heavy atom. The number of carbonyl (C=O) groups excluding carboxylic acids is 1. The minimum Gasteiger partial charge on any atom is -0.388 e. The van der Waals surface area contributed by atoms with Crippen molar-refractivity contribution in [3.05, 3.63) is 71.8 Å². The first kappa shape index (κ1) is 25.9. The molecule has 0 saturated carbocycles. The Hall–Kier alpha value is -1.31. The summed E-state index contributed by atoms with van der Waals surface area (Å²) < 4.78 is 12.0. The Bertz CT molecular complexity index is 721. The Balaban J connectivity index is 1.94. The summed E-state index contributed by atoms with van der Waals surface area (Å²) in [6.45, 7) is 4.99. The van der Waals surface area contributed by atoms with Crippen LogP contribution in [0.15, 0.2) is 60.7 Å². The molecule has 0 spiro atoms. The molecule has 4 nitrogen and oxygen atoms in total. The minimum atomic E-state index is -1.00. The topological polar surface area (TPSA) is 55.8 Å². The van der Waals surface area contributed by atoms with Gasteiger partial charge in [0.05, 0.1) is 24.4 Å². The second-order valence-corrected chi connectivity index (χ2v) is 10.4. The predicted octanol–water partition coefficient (Wildman–Crippen LogP) is 5.33. The summed E-state index contributed by atoms with van der Waals surface area (Å²) in [6, 6.07) is 19.5. The molecule has 0 fully saturated rings. The summed E-state index contributed by atoms with van der Waals surface area (Å²) in [4.78, 5) is 13.0. The molecule has 0 aromatic heterocycles. The maximum atomic E-state index is 13.0. The number of benzene rings is 2. The number of ether oxygens (including phenoxy) is 2. The molecule has 2 atom stereocenters. The maximum Gasteiger partial charge on any atom is 0.164 e. The van der Waals surface area contributed by atoms with Gasteiger partial charge in [-0.05, 0) is 29.1 Å². The van der Waals surface area contributed by atoms with E-state index in [0.29, 0.717) is 17.6 Å². The molecule has 0 unspecified atom stereocenters. The van der Waals surface area contributed by atoms with Gasteiger partial charge < -0.3 is 14.6 Å². The van der Waals surface area contributed by atoms with Crippen molar-refractivity contribution in [3.63, 3.8) is 0 Å². The number of carbonyl (C=O) groups is 1. The fraction of sp³-hybridized carbons (Fsp3) is 0.480. The van der Waals surface area contributed by atoms with Gasteiger partial charge in [0.1, 0.15) is 12.2 Å². The van der Waals surface area contributed by atoms with Crippen LogP contribution in [-0.4, -0.2) is 45.8 Å². The zero-order chi connectivity index (χ0) is 22.3. The van der Waals surface area contributed by atoms with E-state index in [1.807, 2.05) is 84.2 Å². The third-order valence-corrected chi connectivity index (χ3v) is 7.37. The van der Waals surface area contributed by atoms with E-state index in [2.05, 4.69) is 13.8 Å². The zero-order valence-electron chi connectivity index (χ0n) is 18.4. The lowest BCUT2D eigenvalue weighted by molar-refractivity contribution is -0.144. The Labute approximate surface area is 195 Å². The van der Waals surface area contributed by atoms with Crippen molar-refractivity contribution in [1.29, 1.82) is 0 Å². The van der Waals surface area contributed by atoms with Gasteiger partial charge in [-0.15, -0.1) is 23.5 Å². The Kier molecular flexibility index (Phi) is 13.0. The van der Waals surface area contributed by atoms with E-state index in [4.69, 9.17) is 9.47 Å². The molecule has 0 aliphatic carbocycles.